The molecule has 0 radical (unpaired) electrons. The highest BCUT2D eigenvalue weighted by atomic mass is 16.5. The number of nitrogens with one attached hydrogen (secondary N) is 1. The van der Waals surface area contributed by atoms with Crippen molar-refractivity contribution in [1.82, 2.24) is 5.32 Å². The van der Waals surface area contributed by atoms with Gasteiger partial charge in [-0.3, -0.25) is 4.79 Å². The molecule has 0 spiro atoms. The van der Waals surface area contributed by atoms with E-state index in [1.807, 2.05) is 12.1 Å². The average molecular weight is 289 g/mol. The zero-order chi connectivity index (χ0) is 15.1. The van der Waals surface area contributed by atoms with Crippen LogP contribution in [0.15, 0.2) is 36.9 Å². The van der Waals surface area contributed by atoms with Crippen molar-refractivity contribution in [2.24, 2.45) is 5.92 Å². The second kappa shape index (κ2) is 7.84. The second-order valence-electron chi connectivity index (χ2n) is 5.48. The van der Waals surface area contributed by atoms with Crippen LogP contribution in [0, 0.1) is 5.92 Å². The Morgan fingerprint density at radius 2 is 2.05 bits per heavy atom. The maximum absolute atomic E-state index is 12.3. The van der Waals surface area contributed by atoms with Crippen molar-refractivity contribution >= 4 is 5.91 Å². The van der Waals surface area contributed by atoms with Gasteiger partial charge in [0.05, 0.1) is 11.7 Å². The van der Waals surface area contributed by atoms with Gasteiger partial charge in [0.15, 0.2) is 0 Å². The largest absolute Gasteiger partial charge is 0.489 e. The molecule has 21 heavy (non-hydrogen) atoms. The van der Waals surface area contributed by atoms with Gasteiger partial charge >= 0.3 is 0 Å². The molecule has 114 valence electrons. The summed E-state index contributed by atoms with van der Waals surface area (Å²) in [6.07, 6.45) is 5.10. The lowest BCUT2D eigenvalue weighted by Crippen LogP contribution is -2.32. The fraction of sp³-hybridized carbons (Fsp3) is 0.471. The van der Waals surface area contributed by atoms with Crippen molar-refractivity contribution in [3.05, 3.63) is 42.5 Å². The van der Waals surface area contributed by atoms with E-state index in [9.17, 15) is 9.90 Å². The van der Waals surface area contributed by atoms with Gasteiger partial charge in [0.2, 0.25) is 0 Å². The Morgan fingerprint density at radius 3 is 2.76 bits per heavy atom. The molecule has 1 aromatic carbocycles. The monoisotopic (exact) mass is 289 g/mol. The molecule has 1 fully saturated rings. The number of rotatable bonds is 6. The number of aliphatic hydroxyl groups excluding tert-OH is 1. The summed E-state index contributed by atoms with van der Waals surface area (Å²) in [6, 6.07) is 7.22. The standard InChI is InChI=1S/C17H23NO3/c1-2-11-21-16-6-4-3-5-15(16)17(20)18-12-13-7-9-14(19)10-8-13/h2-6,13-14,19H,1,7-12H2,(H,18,20). The lowest BCUT2D eigenvalue weighted by molar-refractivity contribution is 0.0907. The van der Waals surface area contributed by atoms with Gasteiger partial charge < -0.3 is 15.2 Å². The predicted octanol–water partition coefficient (Wildman–Crippen LogP) is 2.53. The van der Waals surface area contributed by atoms with Crippen LogP contribution in [0.5, 0.6) is 5.75 Å². The fourth-order valence-electron chi connectivity index (χ4n) is 2.61. The quantitative estimate of drug-likeness (QED) is 0.791. The molecule has 2 N–H and O–H groups in total. The van der Waals surface area contributed by atoms with E-state index in [1.165, 1.54) is 0 Å². The van der Waals surface area contributed by atoms with Crippen molar-refractivity contribution in [2.75, 3.05) is 13.2 Å². The van der Waals surface area contributed by atoms with E-state index >= 15 is 0 Å². The SMILES string of the molecule is C=CCOc1ccccc1C(=O)NCC1CCC(O)CC1. The third kappa shape index (κ3) is 4.60. The Labute approximate surface area is 125 Å². The summed E-state index contributed by atoms with van der Waals surface area (Å²) in [5, 5.41) is 12.5. The summed E-state index contributed by atoms with van der Waals surface area (Å²) in [5.74, 6) is 0.924. The Morgan fingerprint density at radius 1 is 1.33 bits per heavy atom. The molecular formula is C17H23NO3. The molecule has 2 rings (SSSR count). The van der Waals surface area contributed by atoms with Crippen molar-refractivity contribution in [2.45, 2.75) is 31.8 Å². The van der Waals surface area contributed by atoms with Gasteiger partial charge in [-0.1, -0.05) is 24.8 Å². The van der Waals surface area contributed by atoms with Crippen molar-refractivity contribution in [1.29, 1.82) is 0 Å². The van der Waals surface area contributed by atoms with Crippen LogP contribution >= 0.6 is 0 Å². The Kier molecular flexibility index (Phi) is 5.81. The first-order valence-electron chi connectivity index (χ1n) is 7.49. The highest BCUT2D eigenvalue weighted by Crippen LogP contribution is 2.24. The average Bonchev–Trinajstić information content (AvgIpc) is 2.52. The topological polar surface area (TPSA) is 58.6 Å². The molecule has 1 aliphatic carbocycles. The summed E-state index contributed by atoms with van der Waals surface area (Å²) in [7, 11) is 0. The Balaban J connectivity index is 1.89. The second-order valence-corrected chi connectivity index (χ2v) is 5.48. The van der Waals surface area contributed by atoms with Crippen LogP contribution in [0.2, 0.25) is 0 Å². The Bertz CT molecular complexity index is 479. The van der Waals surface area contributed by atoms with E-state index in [0.717, 1.165) is 25.7 Å². The normalized spacial score (nSPS) is 21.6. The summed E-state index contributed by atoms with van der Waals surface area (Å²) in [5.41, 5.74) is 0.551. The maximum atomic E-state index is 12.3. The van der Waals surface area contributed by atoms with Gasteiger partial charge in [-0.15, -0.1) is 0 Å². The number of para-hydroxylation sites is 1. The van der Waals surface area contributed by atoms with Gasteiger partial charge in [-0.2, -0.15) is 0 Å². The van der Waals surface area contributed by atoms with Crippen molar-refractivity contribution in [3.8, 4) is 5.75 Å². The van der Waals surface area contributed by atoms with Gasteiger partial charge in [0, 0.05) is 6.54 Å². The van der Waals surface area contributed by atoms with Crippen LogP contribution in [0.1, 0.15) is 36.0 Å². The number of aliphatic hydroxyl groups is 1. The molecule has 1 aromatic rings. The molecule has 1 saturated carbocycles. The number of benzene rings is 1. The van der Waals surface area contributed by atoms with Crippen LogP contribution in [0.4, 0.5) is 0 Å². The number of hydrogen-bond donors (Lipinski definition) is 2. The third-order valence-electron chi connectivity index (χ3n) is 3.86. The van der Waals surface area contributed by atoms with Crippen LogP contribution in [0.3, 0.4) is 0 Å². The first-order chi connectivity index (χ1) is 10.2. The van der Waals surface area contributed by atoms with Gasteiger partial charge in [0.25, 0.3) is 5.91 Å². The fourth-order valence-corrected chi connectivity index (χ4v) is 2.61. The molecule has 0 heterocycles. The van der Waals surface area contributed by atoms with Gasteiger partial charge in [-0.05, 0) is 43.7 Å². The number of amides is 1. The van der Waals surface area contributed by atoms with Crippen molar-refractivity contribution in [3.63, 3.8) is 0 Å². The molecule has 0 saturated heterocycles. The highest BCUT2D eigenvalue weighted by Gasteiger charge is 2.20. The summed E-state index contributed by atoms with van der Waals surface area (Å²) < 4.78 is 5.50. The van der Waals surface area contributed by atoms with E-state index in [2.05, 4.69) is 11.9 Å². The third-order valence-corrected chi connectivity index (χ3v) is 3.86. The van der Waals surface area contributed by atoms with E-state index in [-0.39, 0.29) is 12.0 Å². The van der Waals surface area contributed by atoms with E-state index in [1.54, 1.807) is 18.2 Å². The lowest BCUT2D eigenvalue weighted by atomic mass is 9.87. The smallest absolute Gasteiger partial charge is 0.255 e. The molecule has 0 atom stereocenters. The number of carbonyl (C=O) groups is 1. The van der Waals surface area contributed by atoms with Crippen molar-refractivity contribution < 1.29 is 14.6 Å². The zero-order valence-electron chi connectivity index (χ0n) is 12.3. The molecular weight excluding hydrogens is 266 g/mol. The highest BCUT2D eigenvalue weighted by molar-refractivity contribution is 5.96. The molecule has 0 aliphatic heterocycles. The summed E-state index contributed by atoms with van der Waals surface area (Å²) >= 11 is 0. The number of carbonyl (C=O) groups excluding carboxylic acids is 1. The molecule has 1 amide bonds. The van der Waals surface area contributed by atoms with Crippen LogP contribution in [-0.2, 0) is 0 Å². The predicted molar refractivity (Wildman–Crippen MR) is 82.4 cm³/mol. The Hall–Kier alpha value is -1.81. The van der Waals surface area contributed by atoms with E-state index in [0.29, 0.717) is 30.4 Å². The van der Waals surface area contributed by atoms with Crippen LogP contribution < -0.4 is 10.1 Å². The summed E-state index contributed by atoms with van der Waals surface area (Å²) in [6.45, 7) is 4.64. The van der Waals surface area contributed by atoms with E-state index in [4.69, 9.17) is 4.74 Å². The molecule has 1 aliphatic rings. The summed E-state index contributed by atoms with van der Waals surface area (Å²) in [4.78, 5) is 12.3. The molecule has 0 aromatic heterocycles. The zero-order valence-corrected chi connectivity index (χ0v) is 12.3. The maximum Gasteiger partial charge on any atom is 0.255 e. The van der Waals surface area contributed by atoms with Crippen LogP contribution in [0.25, 0.3) is 0 Å². The van der Waals surface area contributed by atoms with Crippen LogP contribution in [-0.4, -0.2) is 30.3 Å². The number of hydrogen-bond acceptors (Lipinski definition) is 3. The minimum atomic E-state index is -0.162. The lowest BCUT2D eigenvalue weighted by Gasteiger charge is -2.25. The van der Waals surface area contributed by atoms with E-state index < -0.39 is 0 Å². The molecule has 4 heteroatoms. The number of ether oxygens (including phenoxy) is 1. The first kappa shape index (κ1) is 15.6. The minimum Gasteiger partial charge on any atom is -0.489 e. The first-order valence-corrected chi connectivity index (χ1v) is 7.49. The van der Waals surface area contributed by atoms with Gasteiger partial charge in [-0.25, -0.2) is 0 Å². The minimum absolute atomic E-state index is 0.110. The molecule has 0 bridgehead atoms. The molecule has 4 nitrogen and oxygen atoms in total. The molecule has 0 unspecified atom stereocenters. The van der Waals surface area contributed by atoms with Gasteiger partial charge in [0.1, 0.15) is 12.4 Å².